The molecule has 0 amide bonds. The molecule has 3 aromatic heterocycles. The fourth-order valence-corrected chi connectivity index (χ4v) is 9.85. The van der Waals surface area contributed by atoms with Gasteiger partial charge in [-0.05, 0) is 107 Å². The third-order valence-electron chi connectivity index (χ3n) is 13.4. The molecule has 0 saturated carbocycles. The first-order valence-corrected chi connectivity index (χ1v) is 22.8. The maximum absolute atomic E-state index is 12.7. The zero-order valence-electron chi connectivity index (χ0n) is 39.5. The van der Waals surface area contributed by atoms with Crippen LogP contribution in [0.15, 0.2) is 133 Å². The molecule has 0 aliphatic carbocycles. The van der Waals surface area contributed by atoms with Gasteiger partial charge in [0.05, 0.1) is 33.5 Å². The quantitative estimate of drug-likeness (QED) is 0.192. The van der Waals surface area contributed by atoms with E-state index in [2.05, 4.69) is 221 Å². The number of phenols is 1. The van der Waals surface area contributed by atoms with Gasteiger partial charge in [0.1, 0.15) is 11.6 Å². The first-order chi connectivity index (χ1) is 30.2. The van der Waals surface area contributed by atoms with E-state index in [0.29, 0.717) is 0 Å². The van der Waals surface area contributed by atoms with Crippen molar-refractivity contribution in [3.8, 4) is 50.8 Å². The molecule has 7 aromatic carbocycles. The van der Waals surface area contributed by atoms with Crippen molar-refractivity contribution in [2.24, 2.45) is 0 Å². The van der Waals surface area contributed by atoms with Gasteiger partial charge in [-0.2, -0.15) is 0 Å². The van der Waals surface area contributed by atoms with Gasteiger partial charge in [0, 0.05) is 27.5 Å². The lowest BCUT2D eigenvalue weighted by Crippen LogP contribution is -2.17. The number of aromatic hydroxyl groups is 1. The highest BCUT2D eigenvalue weighted by Crippen LogP contribution is 2.48. The third kappa shape index (κ3) is 6.73. The van der Waals surface area contributed by atoms with Gasteiger partial charge in [-0.15, -0.1) is 0 Å². The predicted octanol–water partition coefficient (Wildman–Crippen LogP) is 16.3. The lowest BCUT2D eigenvalue weighted by Gasteiger charge is -2.27. The van der Waals surface area contributed by atoms with Gasteiger partial charge in [-0.25, -0.2) is 9.97 Å². The third-order valence-corrected chi connectivity index (χ3v) is 13.4. The zero-order valence-corrected chi connectivity index (χ0v) is 39.5. The summed E-state index contributed by atoms with van der Waals surface area (Å²) in [5, 5.41) is 19.7. The Morgan fingerprint density at radius 2 is 1.03 bits per heavy atom. The molecule has 10 rings (SSSR count). The number of rotatable bonds is 4. The number of benzene rings is 7. The van der Waals surface area contributed by atoms with Gasteiger partial charge >= 0.3 is 0 Å². The summed E-state index contributed by atoms with van der Waals surface area (Å²) >= 11 is 0. The van der Waals surface area contributed by atoms with E-state index in [0.717, 1.165) is 77.9 Å². The van der Waals surface area contributed by atoms with Gasteiger partial charge in [-0.3, -0.25) is 4.40 Å². The average Bonchev–Trinajstić information content (AvgIpc) is 3.58. The van der Waals surface area contributed by atoms with Crippen LogP contribution in [0.4, 0.5) is 0 Å². The van der Waals surface area contributed by atoms with Gasteiger partial charge < -0.3 is 5.11 Å². The van der Waals surface area contributed by atoms with Crippen LogP contribution in [0.25, 0.3) is 93.9 Å². The molecule has 0 unspecified atom stereocenters. The molecule has 0 radical (unpaired) electrons. The lowest BCUT2D eigenvalue weighted by atomic mass is 9.79. The smallest absolute Gasteiger partial charge is 0.149 e. The second-order valence-corrected chi connectivity index (χ2v) is 22.1. The first kappa shape index (κ1) is 41.5. The van der Waals surface area contributed by atoms with Crippen LogP contribution in [0.2, 0.25) is 0 Å². The Hall–Kier alpha value is -6.52. The van der Waals surface area contributed by atoms with Crippen molar-refractivity contribution >= 4 is 48.9 Å². The minimum atomic E-state index is -0.324. The van der Waals surface area contributed by atoms with E-state index in [1.165, 1.54) is 38.2 Å². The SMILES string of the molecule is CC(C)(C)c1cc(-c2cccc(-c3ccccc3)c2)nc(-c2cc3cccc4c5cccc6c(C(C)(C)C)ccc(c65)n5c(-c6cc(C(C)(C)C)cc(C(C)(C)C)c6O)nc2c5c34)c1. The molecule has 0 fully saturated rings. The molecule has 3 heterocycles. The Labute approximate surface area is 378 Å². The van der Waals surface area contributed by atoms with Crippen molar-refractivity contribution in [3.63, 3.8) is 0 Å². The molecule has 0 aliphatic heterocycles. The Balaban J connectivity index is 1.40. The fraction of sp³-hybridized carbons (Fsp3) is 0.267. The van der Waals surface area contributed by atoms with Gasteiger partial charge in [0.15, 0.2) is 0 Å². The fourth-order valence-electron chi connectivity index (χ4n) is 9.85. The van der Waals surface area contributed by atoms with Crippen LogP contribution in [0.3, 0.4) is 0 Å². The molecule has 0 spiro atoms. The van der Waals surface area contributed by atoms with Gasteiger partial charge in [0.2, 0.25) is 0 Å². The molecule has 320 valence electrons. The molecule has 10 aromatic rings. The highest BCUT2D eigenvalue weighted by atomic mass is 16.3. The second-order valence-electron chi connectivity index (χ2n) is 22.1. The maximum atomic E-state index is 12.7. The first-order valence-electron chi connectivity index (χ1n) is 22.8. The van der Waals surface area contributed by atoms with Crippen molar-refractivity contribution in [3.05, 3.63) is 156 Å². The molecular weight excluding hydrogens is 779 g/mol. The molecule has 4 heteroatoms. The lowest BCUT2D eigenvalue weighted by molar-refractivity contribution is 0.446. The minimum Gasteiger partial charge on any atom is -0.507 e. The van der Waals surface area contributed by atoms with Crippen LogP contribution >= 0.6 is 0 Å². The summed E-state index contributed by atoms with van der Waals surface area (Å²) in [5.74, 6) is 0.989. The average molecular weight is 838 g/mol. The van der Waals surface area contributed by atoms with Crippen LogP contribution in [0.1, 0.15) is 105 Å². The number of nitrogens with zero attached hydrogens (tertiary/aromatic N) is 3. The molecule has 0 bridgehead atoms. The number of phenolic OH excluding ortho intramolecular Hbond substituents is 1. The van der Waals surface area contributed by atoms with E-state index >= 15 is 0 Å². The van der Waals surface area contributed by atoms with E-state index in [9.17, 15) is 5.11 Å². The van der Waals surface area contributed by atoms with Gasteiger partial charge in [0.25, 0.3) is 0 Å². The number of fused-ring (bicyclic) bond motifs is 2. The monoisotopic (exact) mass is 837 g/mol. The van der Waals surface area contributed by atoms with Crippen molar-refractivity contribution in [1.29, 1.82) is 0 Å². The van der Waals surface area contributed by atoms with Crippen molar-refractivity contribution in [2.75, 3.05) is 0 Å². The molecule has 4 nitrogen and oxygen atoms in total. The zero-order chi connectivity index (χ0) is 45.2. The summed E-state index contributed by atoms with van der Waals surface area (Å²) in [6, 6.07) is 48.6. The summed E-state index contributed by atoms with van der Waals surface area (Å²) in [6.07, 6.45) is 0. The summed E-state index contributed by atoms with van der Waals surface area (Å²) in [7, 11) is 0. The highest BCUT2D eigenvalue weighted by Gasteiger charge is 2.31. The standard InChI is InChI=1S/C60H59N3O/c1-57(2,3)39-31-45(55(64)47(32-39)60(10,11)12)56-62-53-44(49-34-40(58(4,5)6)33-48(61-49)37-22-16-21-36(29-37)35-19-14-13-15-20-35)30-38-23-17-24-41-42-25-18-26-43-46(59(7,8)9)27-28-50(52(42)43)63(56)54(53)51(38)41/h13-34,64H,1-12H3. The Morgan fingerprint density at radius 1 is 0.438 bits per heavy atom. The Morgan fingerprint density at radius 3 is 1.72 bits per heavy atom. The van der Waals surface area contributed by atoms with E-state index in [1.54, 1.807) is 0 Å². The molecule has 0 aliphatic rings. The van der Waals surface area contributed by atoms with E-state index in [4.69, 9.17) is 9.97 Å². The van der Waals surface area contributed by atoms with E-state index < -0.39 is 0 Å². The van der Waals surface area contributed by atoms with Crippen molar-refractivity contribution < 1.29 is 5.11 Å². The minimum absolute atomic E-state index is 0.0917. The molecule has 0 atom stereocenters. The molecule has 0 saturated heterocycles. The topological polar surface area (TPSA) is 50.4 Å². The number of pyridine rings is 1. The molecule has 1 N–H and O–H groups in total. The highest BCUT2D eigenvalue weighted by molar-refractivity contribution is 6.28. The van der Waals surface area contributed by atoms with Crippen molar-refractivity contribution in [1.82, 2.24) is 14.4 Å². The van der Waals surface area contributed by atoms with E-state index in [1.807, 2.05) is 0 Å². The van der Waals surface area contributed by atoms with Crippen LogP contribution in [-0.4, -0.2) is 19.5 Å². The second kappa shape index (κ2) is 14.2. The molecule has 64 heavy (non-hydrogen) atoms. The van der Waals surface area contributed by atoms with E-state index in [-0.39, 0.29) is 27.4 Å². The van der Waals surface area contributed by atoms with Crippen LogP contribution in [0, 0.1) is 0 Å². The summed E-state index contributed by atoms with van der Waals surface area (Å²) < 4.78 is 2.38. The Kier molecular flexibility index (Phi) is 9.23. The predicted molar refractivity (Wildman–Crippen MR) is 272 cm³/mol. The summed E-state index contributed by atoms with van der Waals surface area (Å²) in [5.41, 5.74) is 13.6. The summed E-state index contributed by atoms with van der Waals surface area (Å²) in [4.78, 5) is 11.4. The molecular formula is C60H59N3O. The Bertz CT molecular complexity index is 3470. The maximum Gasteiger partial charge on any atom is 0.149 e. The van der Waals surface area contributed by atoms with Crippen molar-refractivity contribution in [2.45, 2.75) is 105 Å². The summed E-state index contributed by atoms with van der Waals surface area (Å²) in [6.45, 7) is 27.0. The van der Waals surface area contributed by atoms with Crippen LogP contribution < -0.4 is 0 Å². The van der Waals surface area contributed by atoms with Crippen LogP contribution in [-0.2, 0) is 21.7 Å². The normalized spacial score (nSPS) is 13.1. The number of hydrogen-bond donors (Lipinski definition) is 1. The van der Waals surface area contributed by atoms with Gasteiger partial charge in [-0.1, -0.05) is 180 Å². The number of hydrogen-bond acceptors (Lipinski definition) is 3. The largest absolute Gasteiger partial charge is 0.507 e. The number of imidazole rings is 1. The number of aromatic nitrogens is 3. The van der Waals surface area contributed by atoms with Crippen LogP contribution in [0.5, 0.6) is 5.75 Å².